The summed E-state index contributed by atoms with van der Waals surface area (Å²) in [6.07, 6.45) is 3.57. The van der Waals surface area contributed by atoms with Crippen LogP contribution >= 0.6 is 0 Å². The number of hydrogen-bond donors (Lipinski definition) is 1. The van der Waals surface area contributed by atoms with Crippen molar-refractivity contribution in [3.05, 3.63) is 0 Å². The first-order valence-electron chi connectivity index (χ1n) is 3.51. The largest absolute Gasteiger partial charge is 1.00 e. The van der Waals surface area contributed by atoms with Crippen LogP contribution in [0.4, 0.5) is 0 Å². The van der Waals surface area contributed by atoms with Crippen molar-refractivity contribution in [1.29, 1.82) is 0 Å². The maximum absolute atomic E-state index is 10.1. The minimum atomic E-state index is -3.70. The van der Waals surface area contributed by atoms with Crippen LogP contribution in [0.1, 0.15) is 34.0 Å². The molecule has 64 valence electrons. The Balaban J connectivity index is -0.000000405. The topological polar surface area (TPSA) is 54.4 Å². The van der Waals surface area contributed by atoms with Gasteiger partial charge in [-0.1, -0.05) is 26.2 Å². The van der Waals surface area contributed by atoms with Gasteiger partial charge < -0.3 is 1.43 Å². The molecule has 0 spiro atoms. The SMILES string of the molecule is CCCCCCS(=O)(=O)O.[H-].[K+]. The molecule has 0 amide bonds. The van der Waals surface area contributed by atoms with E-state index in [0.717, 1.165) is 19.3 Å². The van der Waals surface area contributed by atoms with Crippen LogP contribution in [0.5, 0.6) is 0 Å². The summed E-state index contributed by atoms with van der Waals surface area (Å²) in [6, 6.07) is 0. The van der Waals surface area contributed by atoms with Crippen molar-refractivity contribution in [2.24, 2.45) is 0 Å². The van der Waals surface area contributed by atoms with Crippen LogP contribution in [-0.4, -0.2) is 18.7 Å². The van der Waals surface area contributed by atoms with Crippen molar-refractivity contribution >= 4 is 10.1 Å². The summed E-state index contributed by atoms with van der Waals surface area (Å²) < 4.78 is 28.6. The van der Waals surface area contributed by atoms with E-state index in [-0.39, 0.29) is 58.6 Å². The van der Waals surface area contributed by atoms with Gasteiger partial charge in [-0.3, -0.25) is 4.55 Å². The predicted octanol–water partition coefficient (Wildman–Crippen LogP) is -1.43. The monoisotopic (exact) mass is 206 g/mol. The molecule has 0 rings (SSSR count). The van der Waals surface area contributed by atoms with Crippen molar-refractivity contribution in [2.75, 3.05) is 5.75 Å². The van der Waals surface area contributed by atoms with Crippen LogP contribution in [-0.2, 0) is 10.1 Å². The molecular weight excluding hydrogens is 191 g/mol. The maximum Gasteiger partial charge on any atom is 1.00 e. The molecule has 0 aromatic heterocycles. The third kappa shape index (κ3) is 14.4. The molecule has 0 aliphatic rings. The molecule has 0 heterocycles. The third-order valence-corrected chi connectivity index (χ3v) is 2.06. The van der Waals surface area contributed by atoms with Crippen LogP contribution in [0, 0.1) is 0 Å². The number of rotatable bonds is 5. The summed E-state index contributed by atoms with van der Waals surface area (Å²) in [5.74, 6) is -0.0903. The molecule has 5 heteroatoms. The third-order valence-electron chi connectivity index (χ3n) is 1.26. The van der Waals surface area contributed by atoms with Crippen LogP contribution in [0.25, 0.3) is 0 Å². The van der Waals surface area contributed by atoms with Crippen molar-refractivity contribution in [1.82, 2.24) is 0 Å². The Morgan fingerprint density at radius 3 is 2.18 bits per heavy atom. The van der Waals surface area contributed by atoms with Gasteiger partial charge in [-0.2, -0.15) is 8.42 Å². The van der Waals surface area contributed by atoms with Crippen LogP contribution in [0.2, 0.25) is 0 Å². The molecule has 0 saturated heterocycles. The first kappa shape index (κ1) is 15.0. The molecule has 0 aliphatic carbocycles. The quantitative estimate of drug-likeness (QED) is 0.341. The average molecular weight is 206 g/mol. The molecule has 0 unspecified atom stereocenters. The van der Waals surface area contributed by atoms with Crippen LogP contribution in [0.15, 0.2) is 0 Å². The Morgan fingerprint density at radius 1 is 1.27 bits per heavy atom. The molecule has 0 radical (unpaired) electrons. The summed E-state index contributed by atoms with van der Waals surface area (Å²) in [4.78, 5) is 0. The van der Waals surface area contributed by atoms with Gasteiger partial charge in [-0.05, 0) is 6.42 Å². The van der Waals surface area contributed by atoms with Crippen molar-refractivity contribution in [3.63, 3.8) is 0 Å². The molecule has 0 bridgehead atoms. The second-order valence-electron chi connectivity index (χ2n) is 2.35. The predicted molar refractivity (Wildman–Crippen MR) is 41.7 cm³/mol. The Labute approximate surface area is 113 Å². The zero-order chi connectivity index (χ0) is 8.04. The molecule has 0 aromatic carbocycles. The maximum atomic E-state index is 10.1. The van der Waals surface area contributed by atoms with Gasteiger partial charge in [0.1, 0.15) is 0 Å². The average Bonchev–Trinajstić information content (AvgIpc) is 1.78. The van der Waals surface area contributed by atoms with Crippen molar-refractivity contribution in [2.45, 2.75) is 32.6 Å². The Morgan fingerprint density at radius 2 is 1.82 bits per heavy atom. The summed E-state index contributed by atoms with van der Waals surface area (Å²) in [7, 11) is -3.70. The Hall–Kier alpha value is 1.55. The summed E-state index contributed by atoms with van der Waals surface area (Å²) in [5.41, 5.74) is 0. The first-order chi connectivity index (χ1) is 4.56. The number of hydrogen-bond acceptors (Lipinski definition) is 2. The van der Waals surface area contributed by atoms with Crippen molar-refractivity contribution in [3.8, 4) is 0 Å². The first-order valence-corrected chi connectivity index (χ1v) is 5.12. The van der Waals surface area contributed by atoms with Gasteiger partial charge in [-0.15, -0.1) is 0 Å². The van der Waals surface area contributed by atoms with Crippen molar-refractivity contribution < 1.29 is 65.8 Å². The van der Waals surface area contributed by atoms with Gasteiger partial charge in [0.15, 0.2) is 0 Å². The normalized spacial score (nSPS) is 10.7. The second-order valence-corrected chi connectivity index (χ2v) is 3.92. The molecule has 0 atom stereocenters. The van der Waals surface area contributed by atoms with E-state index in [4.69, 9.17) is 4.55 Å². The molecule has 1 N–H and O–H groups in total. The molecule has 0 fully saturated rings. The van der Waals surface area contributed by atoms with Gasteiger partial charge in [-0.25, -0.2) is 0 Å². The van der Waals surface area contributed by atoms with Gasteiger partial charge in [0.05, 0.1) is 5.75 Å². The van der Waals surface area contributed by atoms with Crippen LogP contribution in [0.3, 0.4) is 0 Å². The minimum Gasteiger partial charge on any atom is -1.00 e. The fourth-order valence-electron chi connectivity index (χ4n) is 0.711. The van der Waals surface area contributed by atoms with E-state index >= 15 is 0 Å². The molecule has 0 aliphatic heterocycles. The van der Waals surface area contributed by atoms with E-state index in [1.54, 1.807) is 0 Å². The molecule has 11 heavy (non-hydrogen) atoms. The van der Waals surface area contributed by atoms with E-state index in [2.05, 4.69) is 0 Å². The summed E-state index contributed by atoms with van der Waals surface area (Å²) in [5, 5.41) is 0. The van der Waals surface area contributed by atoms with Gasteiger partial charge in [0, 0.05) is 0 Å². The zero-order valence-corrected chi connectivity index (χ0v) is 11.1. The van der Waals surface area contributed by atoms with Gasteiger partial charge in [0.25, 0.3) is 10.1 Å². The summed E-state index contributed by atoms with van der Waals surface area (Å²) in [6.45, 7) is 2.05. The standard InChI is InChI=1S/C6H14O3S.K.H/c1-2-3-4-5-6-10(7,8)9;;/h2-6H2,1H3,(H,7,8,9);;/q;+1;-1. The molecular formula is C6H15KO3S. The van der Waals surface area contributed by atoms with Gasteiger partial charge >= 0.3 is 51.4 Å². The van der Waals surface area contributed by atoms with E-state index < -0.39 is 10.1 Å². The van der Waals surface area contributed by atoms with E-state index in [9.17, 15) is 8.42 Å². The molecule has 3 nitrogen and oxygen atoms in total. The smallest absolute Gasteiger partial charge is 1.00 e. The Bertz CT molecular complexity index is 170. The molecule has 0 aromatic rings. The fraction of sp³-hybridized carbons (Fsp3) is 1.00. The van der Waals surface area contributed by atoms with E-state index in [1.807, 2.05) is 6.92 Å². The fourth-order valence-corrected chi connectivity index (χ4v) is 1.28. The summed E-state index contributed by atoms with van der Waals surface area (Å²) >= 11 is 0. The Kier molecular flexibility index (Phi) is 11.2. The van der Waals surface area contributed by atoms with E-state index in [1.165, 1.54) is 0 Å². The van der Waals surface area contributed by atoms with E-state index in [0.29, 0.717) is 6.42 Å². The molecule has 0 saturated carbocycles. The minimum absolute atomic E-state index is 0. The zero-order valence-electron chi connectivity index (χ0n) is 8.21. The van der Waals surface area contributed by atoms with Crippen LogP contribution < -0.4 is 51.4 Å². The second kappa shape index (κ2) is 8.16. The number of unbranched alkanes of at least 4 members (excludes halogenated alkanes) is 3. The van der Waals surface area contributed by atoms with Gasteiger partial charge in [0.2, 0.25) is 0 Å².